The van der Waals surface area contributed by atoms with E-state index in [1.165, 1.54) is 6.42 Å². The van der Waals surface area contributed by atoms with Gasteiger partial charge in [0.1, 0.15) is 18.1 Å². The molecular weight excluding hydrogens is 468 g/mol. The van der Waals surface area contributed by atoms with Gasteiger partial charge in [-0.05, 0) is 48.2 Å². The molecule has 1 aliphatic carbocycles. The van der Waals surface area contributed by atoms with Crippen molar-refractivity contribution < 1.29 is 23.7 Å². The Bertz CT molecular complexity index is 1160. The van der Waals surface area contributed by atoms with Gasteiger partial charge in [0.25, 0.3) is 0 Å². The summed E-state index contributed by atoms with van der Waals surface area (Å²) in [6.07, 6.45) is 5.42. The molecule has 0 aromatic heterocycles. The van der Waals surface area contributed by atoms with Crippen LogP contribution in [0.3, 0.4) is 0 Å². The number of hydrogen-bond acceptors (Lipinski definition) is 5. The first kappa shape index (κ1) is 26.2. The lowest BCUT2D eigenvalue weighted by Gasteiger charge is -2.34. The number of benzene rings is 3. The number of methoxy groups -OCH3 is 3. The highest BCUT2D eigenvalue weighted by Crippen LogP contribution is 2.33. The number of urea groups is 1. The Hall–Kier alpha value is -3.87. The molecule has 3 aromatic rings. The molecule has 0 spiro atoms. The maximum atomic E-state index is 13.6. The molecule has 37 heavy (non-hydrogen) atoms. The Morgan fingerprint density at radius 1 is 0.811 bits per heavy atom. The fourth-order valence-corrected chi connectivity index (χ4v) is 4.71. The molecule has 1 saturated carbocycles. The van der Waals surface area contributed by atoms with Crippen LogP contribution in [0.4, 0.5) is 10.5 Å². The quantitative estimate of drug-likeness (QED) is 0.334. The second kappa shape index (κ2) is 12.9. The van der Waals surface area contributed by atoms with Gasteiger partial charge in [0, 0.05) is 18.7 Å². The van der Waals surface area contributed by atoms with Gasteiger partial charge < -0.3 is 29.2 Å². The highest BCUT2D eigenvalue weighted by molar-refractivity contribution is 5.91. The lowest BCUT2D eigenvalue weighted by atomic mass is 9.94. The number of ether oxygens (including phenoxy) is 4. The van der Waals surface area contributed by atoms with Crippen molar-refractivity contribution in [1.82, 2.24) is 4.90 Å². The van der Waals surface area contributed by atoms with Crippen LogP contribution < -0.4 is 24.3 Å². The van der Waals surface area contributed by atoms with E-state index in [1.54, 1.807) is 33.5 Å². The van der Waals surface area contributed by atoms with Crippen LogP contribution in [-0.4, -0.2) is 38.3 Å². The predicted octanol–water partition coefficient (Wildman–Crippen LogP) is 6.66. The molecule has 0 heterocycles. The molecule has 7 heteroatoms. The van der Waals surface area contributed by atoms with Crippen LogP contribution in [0, 0.1) is 0 Å². The molecule has 3 aromatic carbocycles. The second-order valence-electron chi connectivity index (χ2n) is 9.18. The molecular formula is C30H36N2O5. The average Bonchev–Trinajstić information content (AvgIpc) is 2.96. The van der Waals surface area contributed by atoms with Crippen molar-refractivity contribution in [3.8, 4) is 23.0 Å². The maximum absolute atomic E-state index is 13.6. The molecule has 7 nitrogen and oxygen atoms in total. The van der Waals surface area contributed by atoms with E-state index < -0.39 is 0 Å². The first-order chi connectivity index (χ1) is 18.1. The van der Waals surface area contributed by atoms with Gasteiger partial charge in [-0.2, -0.15) is 0 Å². The monoisotopic (exact) mass is 504 g/mol. The van der Waals surface area contributed by atoms with Crippen LogP contribution in [0.25, 0.3) is 0 Å². The summed E-state index contributed by atoms with van der Waals surface area (Å²) in [4.78, 5) is 15.6. The van der Waals surface area contributed by atoms with Gasteiger partial charge in [-0.3, -0.25) is 0 Å². The van der Waals surface area contributed by atoms with E-state index in [-0.39, 0.29) is 12.1 Å². The van der Waals surface area contributed by atoms with Crippen molar-refractivity contribution in [3.05, 3.63) is 77.9 Å². The van der Waals surface area contributed by atoms with E-state index in [2.05, 4.69) is 5.32 Å². The Morgan fingerprint density at radius 2 is 1.57 bits per heavy atom. The smallest absolute Gasteiger partial charge is 0.322 e. The summed E-state index contributed by atoms with van der Waals surface area (Å²) in [6, 6.07) is 21.3. The molecule has 0 radical (unpaired) electrons. The molecule has 0 atom stereocenters. The van der Waals surface area contributed by atoms with Crippen LogP contribution in [0.2, 0.25) is 0 Å². The van der Waals surface area contributed by atoms with Gasteiger partial charge in [-0.1, -0.05) is 55.7 Å². The second-order valence-corrected chi connectivity index (χ2v) is 9.18. The Morgan fingerprint density at radius 3 is 2.27 bits per heavy atom. The SMILES string of the molecule is COc1ccc(NC(=O)N(Cc2ccc(OC)c(OCc3ccccc3)c2)C2CCCCC2)c(OC)c1. The number of nitrogens with one attached hydrogen (secondary N) is 1. The van der Waals surface area contributed by atoms with E-state index in [4.69, 9.17) is 18.9 Å². The summed E-state index contributed by atoms with van der Waals surface area (Å²) < 4.78 is 22.4. The Kier molecular flexibility index (Phi) is 9.13. The fraction of sp³-hybridized carbons (Fsp3) is 0.367. The molecule has 0 bridgehead atoms. The highest BCUT2D eigenvalue weighted by Gasteiger charge is 2.27. The van der Waals surface area contributed by atoms with E-state index in [9.17, 15) is 4.79 Å². The lowest BCUT2D eigenvalue weighted by molar-refractivity contribution is 0.162. The third-order valence-corrected chi connectivity index (χ3v) is 6.74. The molecule has 0 aliphatic heterocycles. The first-order valence-electron chi connectivity index (χ1n) is 12.7. The Balaban J connectivity index is 1.55. The summed E-state index contributed by atoms with van der Waals surface area (Å²) in [5.41, 5.74) is 2.66. The standard InChI is InChI=1S/C30H36N2O5/c1-34-25-15-16-26(28(19-25)36-3)31-30(33)32(24-12-8-5-9-13-24)20-23-14-17-27(35-2)29(18-23)37-21-22-10-6-4-7-11-22/h4,6-7,10-11,14-19,24H,5,8-9,12-13,20-21H2,1-3H3,(H,31,33). The van der Waals surface area contributed by atoms with Crippen LogP contribution in [0.5, 0.6) is 23.0 Å². The topological polar surface area (TPSA) is 69.3 Å². The van der Waals surface area contributed by atoms with Crippen molar-refractivity contribution in [1.29, 1.82) is 0 Å². The molecule has 0 saturated heterocycles. The van der Waals surface area contributed by atoms with Gasteiger partial charge in [0.05, 0.1) is 27.0 Å². The Labute approximate surface area is 219 Å². The lowest BCUT2D eigenvalue weighted by Crippen LogP contribution is -2.43. The van der Waals surface area contributed by atoms with Crippen molar-refractivity contribution >= 4 is 11.7 Å². The van der Waals surface area contributed by atoms with Crippen LogP contribution >= 0.6 is 0 Å². The largest absolute Gasteiger partial charge is 0.497 e. The van der Waals surface area contributed by atoms with Crippen molar-refractivity contribution in [2.45, 2.75) is 51.3 Å². The summed E-state index contributed by atoms with van der Waals surface area (Å²) in [6.45, 7) is 0.894. The zero-order valence-corrected chi connectivity index (χ0v) is 21.9. The minimum absolute atomic E-state index is 0.155. The first-order valence-corrected chi connectivity index (χ1v) is 12.7. The number of nitrogens with zero attached hydrogens (tertiary/aromatic N) is 1. The predicted molar refractivity (Wildman–Crippen MR) is 145 cm³/mol. The van der Waals surface area contributed by atoms with Gasteiger partial charge in [-0.25, -0.2) is 4.79 Å². The molecule has 1 fully saturated rings. The third-order valence-electron chi connectivity index (χ3n) is 6.74. The van der Waals surface area contributed by atoms with E-state index in [0.29, 0.717) is 41.8 Å². The van der Waals surface area contributed by atoms with Crippen molar-refractivity contribution in [3.63, 3.8) is 0 Å². The minimum atomic E-state index is -0.155. The number of amides is 2. The molecule has 2 amide bonds. The molecule has 0 unspecified atom stereocenters. The van der Waals surface area contributed by atoms with Gasteiger partial charge in [-0.15, -0.1) is 0 Å². The fourth-order valence-electron chi connectivity index (χ4n) is 4.71. The van der Waals surface area contributed by atoms with Crippen molar-refractivity contribution in [2.75, 3.05) is 26.6 Å². The number of carbonyl (C=O) groups is 1. The van der Waals surface area contributed by atoms with Gasteiger partial charge in [0.2, 0.25) is 0 Å². The number of hydrogen-bond donors (Lipinski definition) is 1. The molecule has 1 N–H and O–H groups in total. The van der Waals surface area contributed by atoms with Crippen LogP contribution in [0.1, 0.15) is 43.2 Å². The van der Waals surface area contributed by atoms with Gasteiger partial charge in [0.15, 0.2) is 11.5 Å². The zero-order chi connectivity index (χ0) is 26.0. The minimum Gasteiger partial charge on any atom is -0.497 e. The maximum Gasteiger partial charge on any atom is 0.322 e. The normalized spacial score (nSPS) is 13.5. The zero-order valence-electron chi connectivity index (χ0n) is 21.9. The number of carbonyl (C=O) groups excluding carboxylic acids is 1. The summed E-state index contributed by atoms with van der Waals surface area (Å²) in [7, 11) is 4.82. The molecule has 196 valence electrons. The third kappa shape index (κ3) is 6.88. The van der Waals surface area contributed by atoms with E-state index in [0.717, 1.165) is 36.8 Å². The van der Waals surface area contributed by atoms with E-state index >= 15 is 0 Å². The summed E-state index contributed by atoms with van der Waals surface area (Å²) in [5, 5.41) is 3.06. The summed E-state index contributed by atoms with van der Waals surface area (Å²) in [5.74, 6) is 2.54. The van der Waals surface area contributed by atoms with Gasteiger partial charge >= 0.3 is 6.03 Å². The van der Waals surface area contributed by atoms with E-state index in [1.807, 2.05) is 59.5 Å². The summed E-state index contributed by atoms with van der Waals surface area (Å²) >= 11 is 0. The molecule has 1 aliphatic rings. The van der Waals surface area contributed by atoms with Crippen molar-refractivity contribution in [2.24, 2.45) is 0 Å². The molecule has 4 rings (SSSR count). The van der Waals surface area contributed by atoms with Crippen LogP contribution in [-0.2, 0) is 13.2 Å². The highest BCUT2D eigenvalue weighted by atomic mass is 16.5. The average molecular weight is 505 g/mol. The number of rotatable bonds is 10. The van der Waals surface area contributed by atoms with Crippen LogP contribution in [0.15, 0.2) is 66.7 Å². The number of anilines is 1.